The van der Waals surface area contributed by atoms with Crippen molar-refractivity contribution in [2.75, 3.05) is 34.5 Å². The van der Waals surface area contributed by atoms with Crippen LogP contribution in [0.25, 0.3) is 0 Å². The van der Waals surface area contributed by atoms with E-state index in [4.69, 9.17) is 18.9 Å². The molecule has 0 atom stereocenters. The number of amides is 2. The van der Waals surface area contributed by atoms with Crippen LogP contribution in [-0.4, -0.2) is 40.5 Å². The van der Waals surface area contributed by atoms with E-state index in [2.05, 4.69) is 10.6 Å². The van der Waals surface area contributed by atoms with Crippen molar-refractivity contribution in [1.29, 1.82) is 0 Å². The maximum Gasteiger partial charge on any atom is 0.315 e. The Kier molecular flexibility index (Phi) is 8.27. The van der Waals surface area contributed by atoms with Gasteiger partial charge in [-0.15, -0.1) is 0 Å². The molecule has 0 radical (unpaired) electrons. The lowest BCUT2D eigenvalue weighted by Gasteiger charge is -2.13. The second-order valence-corrected chi connectivity index (χ2v) is 5.96. The van der Waals surface area contributed by atoms with Crippen LogP contribution in [-0.2, 0) is 13.0 Å². The lowest BCUT2D eigenvalue weighted by molar-refractivity contribution is 0.240. The molecule has 0 aliphatic rings. The first-order valence-electron chi connectivity index (χ1n) is 9.13. The van der Waals surface area contributed by atoms with Crippen molar-refractivity contribution in [1.82, 2.24) is 10.6 Å². The molecule has 0 aliphatic heterocycles. The molecule has 0 aliphatic carbocycles. The summed E-state index contributed by atoms with van der Waals surface area (Å²) in [7, 11) is 4.83. The largest absolute Gasteiger partial charge is 0.497 e. The van der Waals surface area contributed by atoms with Gasteiger partial charge >= 0.3 is 6.03 Å². The summed E-state index contributed by atoms with van der Waals surface area (Å²) >= 11 is 0. The molecule has 2 amide bonds. The van der Waals surface area contributed by atoms with Crippen LogP contribution in [0.5, 0.6) is 23.0 Å². The fourth-order valence-electron chi connectivity index (χ4n) is 2.73. The van der Waals surface area contributed by atoms with Gasteiger partial charge in [0.2, 0.25) is 0 Å². The van der Waals surface area contributed by atoms with Gasteiger partial charge in [-0.25, -0.2) is 4.79 Å². The third-order valence-corrected chi connectivity index (χ3v) is 4.15. The lowest BCUT2D eigenvalue weighted by atomic mass is 10.1. The van der Waals surface area contributed by atoms with Gasteiger partial charge in [-0.2, -0.15) is 0 Å². The van der Waals surface area contributed by atoms with E-state index >= 15 is 0 Å². The molecule has 7 heteroatoms. The Labute approximate surface area is 165 Å². The van der Waals surface area contributed by atoms with Crippen LogP contribution >= 0.6 is 0 Å². The van der Waals surface area contributed by atoms with E-state index in [1.807, 2.05) is 43.3 Å². The quantitative estimate of drug-likeness (QED) is 0.654. The SMILES string of the molecule is CCOc1ccc(CNC(=O)NCCc2cc(OC)ccc2OC)cc1OC. The van der Waals surface area contributed by atoms with Crippen molar-refractivity contribution in [3.05, 3.63) is 47.5 Å². The molecule has 0 unspecified atom stereocenters. The minimum Gasteiger partial charge on any atom is -0.497 e. The highest BCUT2D eigenvalue weighted by molar-refractivity contribution is 5.73. The smallest absolute Gasteiger partial charge is 0.315 e. The minimum atomic E-state index is -0.241. The first-order chi connectivity index (χ1) is 13.6. The Morgan fingerprint density at radius 1 is 0.893 bits per heavy atom. The van der Waals surface area contributed by atoms with Gasteiger partial charge in [0, 0.05) is 13.1 Å². The normalized spacial score (nSPS) is 10.1. The summed E-state index contributed by atoms with van der Waals surface area (Å²) < 4.78 is 21.4. The van der Waals surface area contributed by atoms with Gasteiger partial charge < -0.3 is 29.6 Å². The summed E-state index contributed by atoms with van der Waals surface area (Å²) in [4.78, 5) is 12.1. The van der Waals surface area contributed by atoms with E-state index in [0.29, 0.717) is 37.6 Å². The number of carbonyl (C=O) groups is 1. The zero-order valence-electron chi connectivity index (χ0n) is 16.8. The molecule has 0 fully saturated rings. The van der Waals surface area contributed by atoms with Crippen molar-refractivity contribution in [3.8, 4) is 23.0 Å². The van der Waals surface area contributed by atoms with E-state index in [1.165, 1.54) is 0 Å². The number of urea groups is 1. The van der Waals surface area contributed by atoms with Crippen LogP contribution in [0.1, 0.15) is 18.1 Å². The molecule has 2 aromatic rings. The van der Waals surface area contributed by atoms with Gasteiger partial charge in [0.25, 0.3) is 0 Å². The number of carbonyl (C=O) groups excluding carboxylic acids is 1. The Bertz CT molecular complexity index is 779. The van der Waals surface area contributed by atoms with Gasteiger partial charge in [-0.1, -0.05) is 6.07 Å². The standard InChI is InChI=1S/C21H28N2O5/c1-5-28-19-8-6-15(12-20(19)27-4)14-23-21(24)22-11-10-16-13-17(25-2)7-9-18(16)26-3/h6-9,12-13H,5,10-11,14H2,1-4H3,(H2,22,23,24). The first kappa shape index (κ1) is 21.2. The minimum absolute atomic E-state index is 0.241. The topological polar surface area (TPSA) is 78.1 Å². The molecule has 0 saturated carbocycles. The molecule has 0 aromatic heterocycles. The highest BCUT2D eigenvalue weighted by atomic mass is 16.5. The molecule has 2 N–H and O–H groups in total. The number of hydrogen-bond donors (Lipinski definition) is 2. The fourth-order valence-corrected chi connectivity index (χ4v) is 2.73. The van der Waals surface area contributed by atoms with Crippen molar-refractivity contribution >= 4 is 6.03 Å². The van der Waals surface area contributed by atoms with Crippen LogP contribution in [0.4, 0.5) is 4.79 Å². The molecular formula is C21H28N2O5. The van der Waals surface area contributed by atoms with Crippen LogP contribution < -0.4 is 29.6 Å². The molecule has 0 saturated heterocycles. The molecule has 152 valence electrons. The zero-order valence-corrected chi connectivity index (χ0v) is 16.8. The predicted octanol–water partition coefficient (Wildman–Crippen LogP) is 3.15. The lowest BCUT2D eigenvalue weighted by Crippen LogP contribution is -2.36. The summed E-state index contributed by atoms with van der Waals surface area (Å²) in [5.74, 6) is 2.85. The number of nitrogens with one attached hydrogen (secondary N) is 2. The molecular weight excluding hydrogens is 360 g/mol. The number of benzene rings is 2. The van der Waals surface area contributed by atoms with E-state index in [0.717, 1.165) is 22.6 Å². The summed E-state index contributed by atoms with van der Waals surface area (Å²) in [6.07, 6.45) is 0.630. The molecule has 7 nitrogen and oxygen atoms in total. The molecule has 0 spiro atoms. The molecule has 2 aromatic carbocycles. The van der Waals surface area contributed by atoms with Gasteiger partial charge in [0.1, 0.15) is 11.5 Å². The van der Waals surface area contributed by atoms with Gasteiger partial charge in [-0.05, 0) is 54.8 Å². The molecule has 28 heavy (non-hydrogen) atoms. The van der Waals surface area contributed by atoms with Crippen molar-refractivity contribution in [2.45, 2.75) is 19.9 Å². The number of ether oxygens (including phenoxy) is 4. The average Bonchev–Trinajstić information content (AvgIpc) is 2.73. The van der Waals surface area contributed by atoms with E-state index in [9.17, 15) is 4.79 Å². The van der Waals surface area contributed by atoms with Gasteiger partial charge in [-0.3, -0.25) is 0 Å². The maximum atomic E-state index is 12.1. The van der Waals surface area contributed by atoms with Crippen LogP contribution in [0.2, 0.25) is 0 Å². The second-order valence-electron chi connectivity index (χ2n) is 5.96. The number of hydrogen-bond acceptors (Lipinski definition) is 5. The van der Waals surface area contributed by atoms with Crippen LogP contribution in [0.15, 0.2) is 36.4 Å². The Balaban J connectivity index is 1.83. The summed E-state index contributed by atoms with van der Waals surface area (Å²) in [5.41, 5.74) is 1.89. The zero-order chi connectivity index (χ0) is 20.4. The molecule has 2 rings (SSSR count). The summed E-state index contributed by atoms with van der Waals surface area (Å²) in [6, 6.07) is 11.0. The average molecular weight is 388 g/mol. The molecule has 0 heterocycles. The summed E-state index contributed by atoms with van der Waals surface area (Å²) in [6.45, 7) is 3.34. The van der Waals surface area contributed by atoms with Gasteiger partial charge in [0.05, 0.1) is 27.9 Å². The highest BCUT2D eigenvalue weighted by Gasteiger charge is 2.08. The van der Waals surface area contributed by atoms with E-state index in [1.54, 1.807) is 21.3 Å². The van der Waals surface area contributed by atoms with Gasteiger partial charge in [0.15, 0.2) is 11.5 Å². The predicted molar refractivity (Wildman–Crippen MR) is 108 cm³/mol. The number of rotatable bonds is 10. The second kappa shape index (κ2) is 10.9. The first-order valence-corrected chi connectivity index (χ1v) is 9.13. The third-order valence-electron chi connectivity index (χ3n) is 4.15. The molecule has 0 bridgehead atoms. The third kappa shape index (κ3) is 5.97. The Morgan fingerprint density at radius 3 is 2.32 bits per heavy atom. The number of methoxy groups -OCH3 is 3. The van der Waals surface area contributed by atoms with E-state index < -0.39 is 0 Å². The Hall–Kier alpha value is -3.09. The van der Waals surface area contributed by atoms with Crippen molar-refractivity contribution in [3.63, 3.8) is 0 Å². The van der Waals surface area contributed by atoms with Crippen molar-refractivity contribution in [2.24, 2.45) is 0 Å². The van der Waals surface area contributed by atoms with E-state index in [-0.39, 0.29) is 6.03 Å². The highest BCUT2D eigenvalue weighted by Crippen LogP contribution is 2.28. The summed E-state index contributed by atoms with van der Waals surface area (Å²) in [5, 5.41) is 5.68. The Morgan fingerprint density at radius 2 is 1.64 bits per heavy atom. The monoisotopic (exact) mass is 388 g/mol. The maximum absolute atomic E-state index is 12.1. The van der Waals surface area contributed by atoms with Crippen LogP contribution in [0.3, 0.4) is 0 Å². The fraction of sp³-hybridized carbons (Fsp3) is 0.381. The van der Waals surface area contributed by atoms with Crippen molar-refractivity contribution < 1.29 is 23.7 Å². The van der Waals surface area contributed by atoms with Crippen LogP contribution in [0, 0.1) is 0 Å².